The van der Waals surface area contributed by atoms with Crippen LogP contribution in [0, 0.1) is 0 Å². The van der Waals surface area contributed by atoms with Gasteiger partial charge >= 0.3 is 0 Å². The van der Waals surface area contributed by atoms with Crippen LogP contribution in [-0.2, 0) is 9.59 Å². The molecule has 0 spiro atoms. The summed E-state index contributed by atoms with van der Waals surface area (Å²) in [4.78, 5) is 19.3. The average Bonchev–Trinajstić information content (AvgIpc) is 1.88. The predicted molar refractivity (Wildman–Crippen MR) is 41.9 cm³/mol. The minimum atomic E-state index is -0.880. The van der Waals surface area contributed by atoms with Gasteiger partial charge in [-0.15, -0.1) is 0 Å². The largest absolute Gasteiger partial charge is 0.292 e. The predicted octanol–water partition coefficient (Wildman–Crippen LogP) is 2.12. The molecular formula is C8H10F2O2. The van der Waals surface area contributed by atoms with E-state index in [-0.39, 0.29) is 0 Å². The van der Waals surface area contributed by atoms with Gasteiger partial charge in [-0.1, -0.05) is 13.2 Å². The lowest BCUT2D eigenvalue weighted by Crippen LogP contribution is -1.84. The summed E-state index contributed by atoms with van der Waals surface area (Å²) in [7, 11) is 0. The van der Waals surface area contributed by atoms with Crippen molar-refractivity contribution in [3.63, 3.8) is 0 Å². The third-order valence-corrected chi connectivity index (χ3v) is 0.764. The molecule has 0 atom stereocenters. The van der Waals surface area contributed by atoms with Crippen molar-refractivity contribution in [2.75, 3.05) is 0 Å². The smallest absolute Gasteiger partial charge is 0.187 e. The van der Waals surface area contributed by atoms with Gasteiger partial charge in [0.25, 0.3) is 0 Å². The summed E-state index contributed by atoms with van der Waals surface area (Å²) < 4.78 is 22.6. The topological polar surface area (TPSA) is 34.1 Å². The number of hydrogen-bond acceptors (Lipinski definition) is 2. The Hall–Kier alpha value is -1.32. The number of carbonyl (C=O) groups excluding carboxylic acids is 2. The zero-order chi connectivity index (χ0) is 10.3. The summed E-state index contributed by atoms with van der Waals surface area (Å²) in [5, 5.41) is 0. The molecule has 4 heteroatoms. The summed E-state index contributed by atoms with van der Waals surface area (Å²) >= 11 is 0. The van der Waals surface area contributed by atoms with Crippen LogP contribution in [0.3, 0.4) is 0 Å². The highest BCUT2D eigenvalue weighted by molar-refractivity contribution is 5.90. The van der Waals surface area contributed by atoms with E-state index in [1.54, 1.807) is 0 Å². The van der Waals surface area contributed by atoms with Crippen LogP contribution in [0.25, 0.3) is 0 Å². The van der Waals surface area contributed by atoms with E-state index in [4.69, 9.17) is 0 Å². The number of carbonyl (C=O) groups is 2. The molecule has 0 saturated heterocycles. The molecular weight excluding hydrogens is 166 g/mol. The van der Waals surface area contributed by atoms with Gasteiger partial charge in [0, 0.05) is 13.8 Å². The standard InChI is InChI=1S/2C4H5FO/c2*1-3(5)4(2)6/h2*1H2,2H3. The van der Waals surface area contributed by atoms with Crippen molar-refractivity contribution in [2.24, 2.45) is 0 Å². The monoisotopic (exact) mass is 176 g/mol. The van der Waals surface area contributed by atoms with Crippen LogP contribution in [0.5, 0.6) is 0 Å². The van der Waals surface area contributed by atoms with E-state index in [0.29, 0.717) is 0 Å². The van der Waals surface area contributed by atoms with Crippen molar-refractivity contribution in [3.8, 4) is 0 Å². The third kappa shape index (κ3) is 11.5. The molecule has 0 radical (unpaired) electrons. The lowest BCUT2D eigenvalue weighted by atomic mass is 10.4. The number of halogens is 2. The molecule has 0 rings (SSSR count). The Morgan fingerprint density at radius 3 is 1.00 bits per heavy atom. The Morgan fingerprint density at radius 2 is 1.00 bits per heavy atom. The van der Waals surface area contributed by atoms with Gasteiger partial charge in [-0.05, 0) is 0 Å². The zero-order valence-corrected chi connectivity index (χ0v) is 6.99. The molecule has 0 heterocycles. The SMILES string of the molecule is C=C(F)C(C)=O.C=C(F)C(C)=O. The minimum absolute atomic E-state index is 0.602. The molecule has 0 aromatic rings. The Balaban J connectivity index is 0. The maximum atomic E-state index is 11.3. The molecule has 0 fully saturated rings. The van der Waals surface area contributed by atoms with Crippen LogP contribution in [0.15, 0.2) is 24.8 Å². The molecule has 0 bridgehead atoms. The first-order valence-corrected chi connectivity index (χ1v) is 2.99. The Labute approximate surface area is 69.6 Å². The van der Waals surface area contributed by atoms with E-state index >= 15 is 0 Å². The van der Waals surface area contributed by atoms with Gasteiger partial charge in [0.05, 0.1) is 0 Å². The highest BCUT2D eigenvalue weighted by Gasteiger charge is 1.92. The van der Waals surface area contributed by atoms with Crippen molar-refractivity contribution in [1.82, 2.24) is 0 Å². The maximum absolute atomic E-state index is 11.3. The number of rotatable bonds is 2. The molecule has 12 heavy (non-hydrogen) atoms. The molecule has 0 N–H and O–H groups in total. The highest BCUT2D eigenvalue weighted by atomic mass is 19.1. The molecule has 2 nitrogen and oxygen atoms in total. The maximum Gasteiger partial charge on any atom is 0.187 e. The summed E-state index contributed by atoms with van der Waals surface area (Å²) in [6.45, 7) is 7.73. The van der Waals surface area contributed by atoms with E-state index in [2.05, 4.69) is 13.2 Å². The van der Waals surface area contributed by atoms with E-state index < -0.39 is 23.2 Å². The van der Waals surface area contributed by atoms with Crippen LogP contribution in [0.4, 0.5) is 8.78 Å². The third-order valence-electron chi connectivity index (χ3n) is 0.764. The van der Waals surface area contributed by atoms with Crippen molar-refractivity contribution < 1.29 is 18.4 Å². The van der Waals surface area contributed by atoms with Gasteiger partial charge in [0.15, 0.2) is 23.2 Å². The van der Waals surface area contributed by atoms with Crippen molar-refractivity contribution in [3.05, 3.63) is 24.8 Å². The fourth-order valence-corrected chi connectivity index (χ4v) is 0. The molecule has 0 aliphatic carbocycles. The summed E-state index contributed by atoms with van der Waals surface area (Å²) in [5.41, 5.74) is 0. The van der Waals surface area contributed by atoms with Crippen molar-refractivity contribution >= 4 is 11.6 Å². The van der Waals surface area contributed by atoms with Gasteiger partial charge in [-0.3, -0.25) is 9.59 Å². The second-order valence-electron chi connectivity index (χ2n) is 1.92. The molecule has 0 aliphatic heterocycles. The second kappa shape index (κ2) is 6.39. The highest BCUT2D eigenvalue weighted by Crippen LogP contribution is 1.89. The Kier molecular flexibility index (Phi) is 7.08. The number of ketones is 2. The van der Waals surface area contributed by atoms with E-state index in [1.165, 1.54) is 0 Å². The quantitative estimate of drug-likeness (QED) is 0.604. The van der Waals surface area contributed by atoms with E-state index in [1.807, 2.05) is 0 Å². The number of hydrogen-bond donors (Lipinski definition) is 0. The Morgan fingerprint density at radius 1 is 0.917 bits per heavy atom. The van der Waals surface area contributed by atoms with E-state index in [9.17, 15) is 18.4 Å². The first-order valence-electron chi connectivity index (χ1n) is 2.99. The van der Waals surface area contributed by atoms with E-state index in [0.717, 1.165) is 13.8 Å². The first-order chi connectivity index (χ1) is 5.29. The lowest BCUT2D eigenvalue weighted by molar-refractivity contribution is -0.115. The molecule has 0 saturated carbocycles. The van der Waals surface area contributed by atoms with Gasteiger partial charge in [0.1, 0.15) is 0 Å². The fraction of sp³-hybridized carbons (Fsp3) is 0.250. The minimum Gasteiger partial charge on any atom is -0.292 e. The summed E-state index contributed by atoms with van der Waals surface area (Å²) in [5.74, 6) is -2.96. The molecule has 0 aliphatic rings. The molecule has 0 aromatic heterocycles. The first kappa shape index (κ1) is 13.3. The number of Topliss-reactive ketones (excluding diaryl/α,β-unsaturated/α-hetero) is 2. The van der Waals surface area contributed by atoms with Crippen molar-refractivity contribution in [2.45, 2.75) is 13.8 Å². The second-order valence-corrected chi connectivity index (χ2v) is 1.92. The van der Waals surface area contributed by atoms with Crippen LogP contribution in [-0.4, -0.2) is 11.6 Å². The average molecular weight is 176 g/mol. The van der Waals surface area contributed by atoms with Crippen LogP contribution in [0.1, 0.15) is 13.8 Å². The normalized spacial score (nSPS) is 7.67. The van der Waals surface area contributed by atoms with Gasteiger partial charge in [-0.2, -0.15) is 0 Å². The van der Waals surface area contributed by atoms with Gasteiger partial charge in [0.2, 0.25) is 0 Å². The Bertz CT molecular complexity index is 171. The van der Waals surface area contributed by atoms with Crippen LogP contribution >= 0.6 is 0 Å². The lowest BCUT2D eigenvalue weighted by Gasteiger charge is -1.75. The molecule has 0 aromatic carbocycles. The van der Waals surface area contributed by atoms with Gasteiger partial charge in [-0.25, -0.2) is 8.78 Å². The fourth-order valence-electron chi connectivity index (χ4n) is 0. The van der Waals surface area contributed by atoms with Gasteiger partial charge < -0.3 is 0 Å². The number of allylic oxidation sites excluding steroid dienone is 2. The molecule has 68 valence electrons. The molecule has 0 unspecified atom stereocenters. The summed E-state index contributed by atoms with van der Waals surface area (Å²) in [6, 6.07) is 0. The van der Waals surface area contributed by atoms with Crippen LogP contribution in [0.2, 0.25) is 0 Å². The van der Waals surface area contributed by atoms with Crippen molar-refractivity contribution in [1.29, 1.82) is 0 Å². The van der Waals surface area contributed by atoms with Crippen LogP contribution < -0.4 is 0 Å². The zero-order valence-electron chi connectivity index (χ0n) is 6.99. The summed E-state index contributed by atoms with van der Waals surface area (Å²) in [6.07, 6.45) is 0. The molecule has 0 amide bonds.